The lowest BCUT2D eigenvalue weighted by molar-refractivity contribution is -0.125. The Balaban J connectivity index is 1.40. The van der Waals surface area contributed by atoms with E-state index in [9.17, 15) is 14.4 Å². The van der Waals surface area contributed by atoms with Crippen LogP contribution in [0.15, 0.2) is 48.5 Å². The molecule has 0 saturated carbocycles. The second kappa shape index (κ2) is 14.7. The summed E-state index contributed by atoms with van der Waals surface area (Å²) in [7, 11) is 0. The number of hydrogen-bond donors (Lipinski definition) is 2. The molecule has 0 aromatic heterocycles. The van der Waals surface area contributed by atoms with Crippen molar-refractivity contribution in [3.8, 4) is 11.8 Å². The van der Waals surface area contributed by atoms with E-state index in [1.54, 1.807) is 4.90 Å². The Morgan fingerprint density at radius 1 is 0.833 bits per heavy atom. The first-order valence-corrected chi connectivity index (χ1v) is 12.7. The van der Waals surface area contributed by atoms with Crippen molar-refractivity contribution >= 4 is 23.4 Å². The van der Waals surface area contributed by atoms with Gasteiger partial charge in [0.1, 0.15) is 0 Å². The normalized spacial score (nSPS) is 11.8. The van der Waals surface area contributed by atoms with E-state index in [2.05, 4.69) is 29.4 Å². The summed E-state index contributed by atoms with van der Waals surface area (Å²) in [5, 5.41) is 5.65. The number of carbonyl (C=O) groups excluding carboxylic acids is 3. The van der Waals surface area contributed by atoms with Crippen LogP contribution in [-0.4, -0.2) is 44.0 Å². The summed E-state index contributed by atoms with van der Waals surface area (Å²) in [5.74, 6) is 6.02. The van der Waals surface area contributed by atoms with Crippen LogP contribution in [0, 0.1) is 11.8 Å². The lowest BCUT2D eigenvalue weighted by Gasteiger charge is -2.26. The van der Waals surface area contributed by atoms with Crippen molar-refractivity contribution in [3.05, 3.63) is 65.2 Å². The van der Waals surface area contributed by atoms with E-state index < -0.39 is 0 Å². The Labute approximate surface area is 213 Å². The molecular formula is C29H35N3O4. The molecule has 1 aliphatic heterocycles. The molecule has 7 nitrogen and oxygen atoms in total. The van der Waals surface area contributed by atoms with Crippen LogP contribution >= 0.6 is 0 Å². The summed E-state index contributed by atoms with van der Waals surface area (Å²) in [6.45, 7) is 4.19. The smallest absolute Gasteiger partial charge is 0.227 e. The molecule has 7 heteroatoms. The molecule has 0 radical (unpaired) electrons. The van der Waals surface area contributed by atoms with Gasteiger partial charge in [0.2, 0.25) is 17.7 Å². The van der Waals surface area contributed by atoms with Crippen LogP contribution in [-0.2, 0) is 25.7 Å². The molecule has 2 N–H and O–H groups in total. The maximum atomic E-state index is 13.2. The maximum absolute atomic E-state index is 13.2. The number of nitrogens with one attached hydrogen (secondary N) is 2. The Hall–Kier alpha value is -3.63. The van der Waals surface area contributed by atoms with Crippen molar-refractivity contribution in [2.24, 2.45) is 0 Å². The number of ether oxygens (including phenoxy) is 1. The second-order valence-corrected chi connectivity index (χ2v) is 8.67. The van der Waals surface area contributed by atoms with Crippen LogP contribution in [0.25, 0.3) is 0 Å². The number of anilines is 1. The van der Waals surface area contributed by atoms with Crippen molar-refractivity contribution in [3.63, 3.8) is 0 Å². The highest BCUT2D eigenvalue weighted by Crippen LogP contribution is 2.26. The fourth-order valence-electron chi connectivity index (χ4n) is 3.87. The molecule has 0 aliphatic carbocycles. The first-order chi connectivity index (χ1) is 17.6. The number of fused-ring (bicyclic) bond motifs is 2. The molecule has 3 rings (SSSR count). The van der Waals surface area contributed by atoms with Crippen molar-refractivity contribution in [1.82, 2.24) is 10.6 Å². The first-order valence-electron chi connectivity index (χ1n) is 12.7. The SMILES string of the molecule is CCCCCNC(=O)CCOCCNC(=O)CCC(=O)N1Cc2ccccc2C#Cc2ccccc21. The minimum Gasteiger partial charge on any atom is -0.379 e. The third-order valence-corrected chi connectivity index (χ3v) is 5.88. The molecule has 2 aromatic rings. The van der Waals surface area contributed by atoms with E-state index in [4.69, 9.17) is 4.74 Å². The van der Waals surface area contributed by atoms with E-state index in [-0.39, 0.29) is 30.6 Å². The van der Waals surface area contributed by atoms with Gasteiger partial charge in [-0.1, -0.05) is 61.9 Å². The lowest BCUT2D eigenvalue weighted by Crippen LogP contribution is -2.34. The molecule has 36 heavy (non-hydrogen) atoms. The molecule has 0 spiro atoms. The number of benzene rings is 2. The number of unbranched alkanes of at least 4 members (excludes halogenated alkanes) is 2. The van der Waals surface area contributed by atoms with E-state index in [1.165, 1.54) is 0 Å². The minimum absolute atomic E-state index is 0.0203. The van der Waals surface area contributed by atoms with Gasteiger partial charge in [0.25, 0.3) is 0 Å². The van der Waals surface area contributed by atoms with Crippen LogP contribution in [0.4, 0.5) is 5.69 Å². The van der Waals surface area contributed by atoms with Crippen LogP contribution in [0.2, 0.25) is 0 Å². The van der Waals surface area contributed by atoms with Crippen molar-refractivity contribution in [2.45, 2.75) is 52.0 Å². The lowest BCUT2D eigenvalue weighted by atomic mass is 10.0. The van der Waals surface area contributed by atoms with Gasteiger partial charge >= 0.3 is 0 Å². The van der Waals surface area contributed by atoms with Crippen molar-refractivity contribution in [2.75, 3.05) is 31.2 Å². The Kier molecular flexibility index (Phi) is 11.0. The van der Waals surface area contributed by atoms with Crippen molar-refractivity contribution in [1.29, 1.82) is 0 Å². The predicted molar refractivity (Wildman–Crippen MR) is 140 cm³/mol. The largest absolute Gasteiger partial charge is 0.379 e. The van der Waals surface area contributed by atoms with Crippen LogP contribution in [0.5, 0.6) is 0 Å². The molecule has 2 aromatic carbocycles. The quantitative estimate of drug-likeness (QED) is 0.333. The summed E-state index contributed by atoms with van der Waals surface area (Å²) >= 11 is 0. The zero-order valence-electron chi connectivity index (χ0n) is 21.0. The highest BCUT2D eigenvalue weighted by atomic mass is 16.5. The molecule has 0 atom stereocenters. The van der Waals surface area contributed by atoms with Crippen molar-refractivity contribution < 1.29 is 19.1 Å². The van der Waals surface area contributed by atoms with E-state index >= 15 is 0 Å². The number of para-hydroxylation sites is 1. The molecule has 1 heterocycles. The number of carbonyl (C=O) groups is 3. The summed E-state index contributed by atoms with van der Waals surface area (Å²) in [6, 6.07) is 15.4. The molecular weight excluding hydrogens is 454 g/mol. The molecule has 1 aliphatic rings. The Morgan fingerprint density at radius 3 is 2.36 bits per heavy atom. The number of rotatable bonds is 13. The molecule has 0 saturated heterocycles. The molecule has 0 bridgehead atoms. The first kappa shape index (κ1) is 27.0. The molecule has 190 valence electrons. The predicted octanol–water partition coefficient (Wildman–Crippen LogP) is 3.54. The summed E-state index contributed by atoms with van der Waals surface area (Å²) in [6.07, 6.45) is 3.70. The topological polar surface area (TPSA) is 87.7 Å². The highest BCUT2D eigenvalue weighted by molar-refractivity contribution is 5.96. The number of amides is 3. The minimum atomic E-state index is -0.207. The fraction of sp³-hybridized carbons (Fsp3) is 0.414. The Bertz CT molecular complexity index is 1100. The molecule has 0 unspecified atom stereocenters. The highest BCUT2D eigenvalue weighted by Gasteiger charge is 2.21. The third kappa shape index (κ3) is 8.54. The van der Waals surface area contributed by atoms with Gasteiger partial charge in [0, 0.05) is 43.5 Å². The van der Waals surface area contributed by atoms with Gasteiger partial charge < -0.3 is 20.3 Å². The zero-order valence-corrected chi connectivity index (χ0v) is 21.0. The van der Waals surface area contributed by atoms with Gasteiger partial charge in [-0.15, -0.1) is 0 Å². The van der Waals surface area contributed by atoms with Crippen LogP contribution < -0.4 is 15.5 Å². The van der Waals surface area contributed by atoms with E-state index in [1.807, 2.05) is 48.5 Å². The standard InChI is InChI=1S/C29H35N3O4/c1-2-3-8-18-30-28(34)17-20-36-21-19-31-27(33)15-16-29(35)32-22-25-11-5-4-9-23(25)13-14-24-10-6-7-12-26(24)32/h4-7,9-12H,2-3,8,15-22H2,1H3,(H,30,34)(H,31,33). The van der Waals surface area contributed by atoms with Crippen LogP contribution in [0.1, 0.15) is 62.1 Å². The van der Waals surface area contributed by atoms with E-state index in [0.29, 0.717) is 39.3 Å². The fourth-order valence-corrected chi connectivity index (χ4v) is 3.87. The Morgan fingerprint density at radius 2 is 1.53 bits per heavy atom. The molecule has 3 amide bonds. The average molecular weight is 490 g/mol. The van der Waals surface area contributed by atoms with Gasteiger partial charge in [-0.2, -0.15) is 0 Å². The second-order valence-electron chi connectivity index (χ2n) is 8.67. The van der Waals surface area contributed by atoms with Gasteiger partial charge in [-0.25, -0.2) is 0 Å². The number of hydrogen-bond acceptors (Lipinski definition) is 4. The van der Waals surface area contributed by atoms with Gasteiger partial charge in [0.15, 0.2) is 0 Å². The summed E-state index contributed by atoms with van der Waals surface area (Å²) in [4.78, 5) is 38.9. The van der Waals surface area contributed by atoms with Crippen LogP contribution in [0.3, 0.4) is 0 Å². The average Bonchev–Trinajstić information content (AvgIpc) is 2.88. The third-order valence-electron chi connectivity index (χ3n) is 5.88. The number of nitrogens with zero attached hydrogens (tertiary/aromatic N) is 1. The summed E-state index contributed by atoms with van der Waals surface area (Å²) < 4.78 is 5.44. The maximum Gasteiger partial charge on any atom is 0.227 e. The zero-order chi connectivity index (χ0) is 25.6. The van der Waals surface area contributed by atoms with Gasteiger partial charge in [0.05, 0.1) is 25.4 Å². The van der Waals surface area contributed by atoms with Gasteiger partial charge in [-0.3, -0.25) is 14.4 Å². The van der Waals surface area contributed by atoms with E-state index in [0.717, 1.165) is 41.6 Å². The summed E-state index contributed by atoms with van der Waals surface area (Å²) in [5.41, 5.74) is 3.42. The van der Waals surface area contributed by atoms with Gasteiger partial charge in [-0.05, 0) is 30.2 Å². The monoisotopic (exact) mass is 489 g/mol. The molecule has 0 fully saturated rings.